The summed E-state index contributed by atoms with van der Waals surface area (Å²) >= 11 is 0. The van der Waals surface area contributed by atoms with E-state index in [2.05, 4.69) is 27.7 Å². The molecule has 0 amide bonds. The number of hydrogen-bond donors (Lipinski definition) is 0. The minimum atomic E-state index is -1.94. The predicted octanol–water partition coefficient (Wildman–Crippen LogP) is 8.39. The Bertz CT molecular complexity index is 265. The van der Waals surface area contributed by atoms with Crippen molar-refractivity contribution in [3.05, 3.63) is 0 Å². The zero-order valence-electron chi connectivity index (χ0n) is 18.8. The smallest absolute Gasteiger partial charge is 0.338 e. The van der Waals surface area contributed by atoms with E-state index in [0.29, 0.717) is 0 Å². The highest BCUT2D eigenvalue weighted by Gasteiger charge is 2.35. The van der Waals surface area contributed by atoms with Crippen molar-refractivity contribution in [1.29, 1.82) is 0 Å². The first kappa shape index (κ1) is 26.1. The zero-order chi connectivity index (χ0) is 19.3. The highest BCUT2D eigenvalue weighted by Crippen LogP contribution is 2.26. The summed E-state index contributed by atoms with van der Waals surface area (Å²) in [6.07, 6.45) is 20.7. The molecule has 0 aliphatic rings. The minimum Gasteiger partial charge on any atom is -0.394 e. The van der Waals surface area contributed by atoms with Crippen LogP contribution in [0.25, 0.3) is 0 Å². The maximum absolute atomic E-state index is 6.26. The average molecular weight is 387 g/mol. The van der Waals surface area contributed by atoms with Crippen molar-refractivity contribution in [2.75, 3.05) is 13.2 Å². The second kappa shape index (κ2) is 19.9. The Kier molecular flexibility index (Phi) is 20.0. The van der Waals surface area contributed by atoms with Crippen LogP contribution in [0.3, 0.4) is 0 Å². The molecule has 0 radical (unpaired) electrons. The molecule has 0 rings (SSSR count). The number of rotatable bonds is 21. The highest BCUT2D eigenvalue weighted by atomic mass is 28.4. The van der Waals surface area contributed by atoms with Gasteiger partial charge in [-0.15, -0.1) is 0 Å². The molecule has 0 fully saturated rings. The van der Waals surface area contributed by atoms with E-state index in [1.807, 2.05) is 0 Å². The third-order valence-electron chi connectivity index (χ3n) is 5.39. The average Bonchev–Trinajstić information content (AvgIpc) is 2.64. The second-order valence-electron chi connectivity index (χ2n) is 7.87. The molecule has 0 N–H and O–H groups in total. The molecule has 3 heteroatoms. The Morgan fingerprint density at radius 1 is 0.423 bits per heavy atom. The molecule has 0 bridgehead atoms. The predicted molar refractivity (Wildman–Crippen MR) is 119 cm³/mol. The fourth-order valence-electron chi connectivity index (χ4n) is 3.86. The molecule has 0 aromatic heterocycles. The van der Waals surface area contributed by atoms with Gasteiger partial charge in [0.1, 0.15) is 0 Å². The van der Waals surface area contributed by atoms with Gasteiger partial charge in [0.2, 0.25) is 0 Å². The Balaban J connectivity index is 3.86. The van der Waals surface area contributed by atoms with Crippen molar-refractivity contribution in [3.8, 4) is 0 Å². The molecule has 0 aromatic carbocycles. The summed E-state index contributed by atoms with van der Waals surface area (Å²) in [6, 6.07) is 2.41. The van der Waals surface area contributed by atoms with E-state index >= 15 is 0 Å². The van der Waals surface area contributed by atoms with E-state index in [0.717, 1.165) is 13.2 Å². The summed E-state index contributed by atoms with van der Waals surface area (Å²) in [5.41, 5.74) is 0. The van der Waals surface area contributed by atoms with Crippen molar-refractivity contribution < 1.29 is 8.85 Å². The third kappa shape index (κ3) is 15.2. The van der Waals surface area contributed by atoms with Gasteiger partial charge in [0, 0.05) is 13.2 Å². The standard InChI is InChI=1S/C23H50O2Si/c1-5-9-11-13-14-15-16-17-18-19-21-23-26(24-7-3,25-8-4)22-20-12-10-6-2/h5-23H2,1-4H3. The van der Waals surface area contributed by atoms with Gasteiger partial charge in [-0.3, -0.25) is 0 Å². The lowest BCUT2D eigenvalue weighted by atomic mass is 10.1. The van der Waals surface area contributed by atoms with Gasteiger partial charge in [-0.1, -0.05) is 110 Å². The summed E-state index contributed by atoms with van der Waals surface area (Å²) in [6.45, 7) is 10.5. The van der Waals surface area contributed by atoms with Crippen LogP contribution in [0.15, 0.2) is 0 Å². The van der Waals surface area contributed by atoms with Crippen LogP contribution >= 0.6 is 0 Å². The van der Waals surface area contributed by atoms with E-state index in [-0.39, 0.29) is 0 Å². The van der Waals surface area contributed by atoms with Crippen LogP contribution < -0.4 is 0 Å². The van der Waals surface area contributed by atoms with E-state index < -0.39 is 8.56 Å². The SMILES string of the molecule is CCCCCCCCCCCCC[Si](CCCCCC)(OCC)OCC. The molecule has 0 unspecified atom stereocenters. The Labute approximate surface area is 167 Å². The second-order valence-corrected chi connectivity index (χ2v) is 11.3. The topological polar surface area (TPSA) is 18.5 Å². The van der Waals surface area contributed by atoms with E-state index in [1.165, 1.54) is 108 Å². The maximum atomic E-state index is 6.26. The van der Waals surface area contributed by atoms with Crippen LogP contribution in [-0.4, -0.2) is 21.8 Å². The summed E-state index contributed by atoms with van der Waals surface area (Å²) in [5, 5.41) is 0. The first-order valence-corrected chi connectivity index (χ1v) is 14.3. The lowest BCUT2D eigenvalue weighted by Crippen LogP contribution is -2.42. The van der Waals surface area contributed by atoms with Gasteiger partial charge in [0.05, 0.1) is 0 Å². The molecule has 0 aliphatic carbocycles. The lowest BCUT2D eigenvalue weighted by Gasteiger charge is -2.30. The number of unbranched alkanes of at least 4 members (excludes halogenated alkanes) is 13. The molecule has 0 aromatic rings. The quantitative estimate of drug-likeness (QED) is 0.146. The Hall–Kier alpha value is 0.137. The lowest BCUT2D eigenvalue weighted by molar-refractivity contribution is 0.180. The van der Waals surface area contributed by atoms with Crippen molar-refractivity contribution >= 4 is 8.56 Å². The van der Waals surface area contributed by atoms with E-state index in [1.54, 1.807) is 0 Å². The van der Waals surface area contributed by atoms with E-state index in [4.69, 9.17) is 8.85 Å². The molecule has 0 saturated carbocycles. The normalized spacial score (nSPS) is 12.0. The van der Waals surface area contributed by atoms with Crippen LogP contribution in [0.5, 0.6) is 0 Å². The van der Waals surface area contributed by atoms with Gasteiger partial charge in [-0.2, -0.15) is 0 Å². The molecule has 0 saturated heterocycles. The fourth-order valence-corrected chi connectivity index (χ4v) is 7.40. The molecule has 26 heavy (non-hydrogen) atoms. The van der Waals surface area contributed by atoms with Gasteiger partial charge in [-0.05, 0) is 25.9 Å². The Morgan fingerprint density at radius 2 is 0.731 bits per heavy atom. The van der Waals surface area contributed by atoms with Gasteiger partial charge < -0.3 is 8.85 Å². The largest absolute Gasteiger partial charge is 0.394 e. The van der Waals surface area contributed by atoms with E-state index in [9.17, 15) is 0 Å². The molecule has 0 heterocycles. The monoisotopic (exact) mass is 386 g/mol. The number of hydrogen-bond acceptors (Lipinski definition) is 2. The van der Waals surface area contributed by atoms with Gasteiger partial charge in [0.25, 0.3) is 0 Å². The minimum absolute atomic E-state index is 0.817. The van der Waals surface area contributed by atoms with Crippen molar-refractivity contribution in [2.24, 2.45) is 0 Å². The van der Waals surface area contributed by atoms with Crippen molar-refractivity contribution in [2.45, 2.75) is 136 Å². The van der Waals surface area contributed by atoms with Crippen molar-refractivity contribution in [3.63, 3.8) is 0 Å². The van der Waals surface area contributed by atoms with Crippen molar-refractivity contribution in [1.82, 2.24) is 0 Å². The van der Waals surface area contributed by atoms with Crippen LogP contribution in [-0.2, 0) is 8.85 Å². The zero-order valence-corrected chi connectivity index (χ0v) is 19.8. The molecule has 158 valence electrons. The summed E-state index contributed by atoms with van der Waals surface area (Å²) < 4.78 is 12.5. The third-order valence-corrected chi connectivity index (χ3v) is 9.25. The molecule has 2 nitrogen and oxygen atoms in total. The van der Waals surface area contributed by atoms with Crippen LogP contribution in [0, 0.1) is 0 Å². The van der Waals surface area contributed by atoms with Crippen LogP contribution in [0.1, 0.15) is 124 Å². The molecular formula is C23H50O2Si. The molecule has 0 spiro atoms. The fraction of sp³-hybridized carbons (Fsp3) is 1.00. The first-order valence-electron chi connectivity index (χ1n) is 12.0. The Morgan fingerprint density at radius 3 is 1.08 bits per heavy atom. The van der Waals surface area contributed by atoms with Gasteiger partial charge >= 0.3 is 8.56 Å². The molecule has 0 aliphatic heterocycles. The first-order chi connectivity index (χ1) is 12.7. The summed E-state index contributed by atoms with van der Waals surface area (Å²) in [7, 11) is -1.94. The maximum Gasteiger partial charge on any atom is 0.338 e. The molecular weight excluding hydrogens is 336 g/mol. The highest BCUT2D eigenvalue weighted by molar-refractivity contribution is 6.67. The van der Waals surface area contributed by atoms with Crippen LogP contribution in [0.2, 0.25) is 12.1 Å². The molecule has 0 atom stereocenters. The van der Waals surface area contributed by atoms with Gasteiger partial charge in [0.15, 0.2) is 0 Å². The van der Waals surface area contributed by atoms with Gasteiger partial charge in [-0.25, -0.2) is 0 Å². The summed E-state index contributed by atoms with van der Waals surface area (Å²) in [4.78, 5) is 0. The summed E-state index contributed by atoms with van der Waals surface area (Å²) in [5.74, 6) is 0. The van der Waals surface area contributed by atoms with Crippen LogP contribution in [0.4, 0.5) is 0 Å².